The molecule has 0 amide bonds. The van der Waals surface area contributed by atoms with E-state index in [4.69, 9.17) is 9.47 Å². The van der Waals surface area contributed by atoms with Crippen molar-refractivity contribution in [1.82, 2.24) is 0 Å². The molecule has 7 nitrogen and oxygen atoms in total. The maximum Gasteiger partial charge on any atom is 0.182 e. The Morgan fingerprint density at radius 2 is 1.37 bits per heavy atom. The number of ether oxygens (including phenoxy) is 2. The summed E-state index contributed by atoms with van der Waals surface area (Å²) in [7, 11) is -4.26. The van der Waals surface area contributed by atoms with Gasteiger partial charge >= 0.3 is 0 Å². The highest BCUT2D eigenvalue weighted by molar-refractivity contribution is 7.91. The fourth-order valence-electron chi connectivity index (χ4n) is 3.53. The fraction of sp³-hybridized carbons (Fsp3) is 0.269. The Morgan fingerprint density at radius 1 is 0.771 bits per heavy atom. The maximum atomic E-state index is 12.9. The van der Waals surface area contributed by atoms with E-state index < -0.39 is 19.7 Å². The van der Waals surface area contributed by atoms with E-state index in [1.165, 1.54) is 38.5 Å². The van der Waals surface area contributed by atoms with Crippen LogP contribution in [-0.2, 0) is 36.6 Å². The molecule has 0 spiro atoms. The van der Waals surface area contributed by atoms with Gasteiger partial charge < -0.3 is 9.47 Å². The molecule has 0 aliphatic carbocycles. The SMILES string of the molecule is COc1ccc(OC)c(CS(=O)(=O)c2ccc(CC(=O)CCS(=O)(=O)c3ccc(C)cc3)cc2)c1. The number of rotatable bonds is 11. The Bertz CT molecular complexity index is 1390. The van der Waals surface area contributed by atoms with Crippen LogP contribution in [0.3, 0.4) is 0 Å². The van der Waals surface area contributed by atoms with Gasteiger partial charge in [-0.25, -0.2) is 16.8 Å². The molecule has 0 aliphatic heterocycles. The average molecular weight is 517 g/mol. The minimum atomic E-state index is -3.68. The zero-order valence-corrected chi connectivity index (χ0v) is 21.5. The molecular weight excluding hydrogens is 488 g/mol. The third kappa shape index (κ3) is 6.93. The minimum absolute atomic E-state index is 0.0213. The predicted molar refractivity (Wildman–Crippen MR) is 133 cm³/mol. The third-order valence-corrected chi connectivity index (χ3v) is 8.96. The second kappa shape index (κ2) is 11.0. The standard InChI is InChI=1S/C26H28O7S2/c1-19-4-9-24(10-5-19)34(28,29)15-14-22(27)16-20-6-11-25(12-7-20)35(30,31)18-21-17-23(32-2)8-13-26(21)33-3/h4-13,17H,14-16,18H2,1-3H3. The summed E-state index contributed by atoms with van der Waals surface area (Å²) in [5, 5.41) is 0. The molecule has 0 N–H and O–H groups in total. The van der Waals surface area contributed by atoms with Crippen molar-refractivity contribution in [3.05, 3.63) is 83.4 Å². The summed E-state index contributed by atoms with van der Waals surface area (Å²) in [5.74, 6) is 0.176. The van der Waals surface area contributed by atoms with Crippen molar-refractivity contribution in [2.24, 2.45) is 0 Å². The van der Waals surface area contributed by atoms with Gasteiger partial charge in [0.1, 0.15) is 17.3 Å². The van der Waals surface area contributed by atoms with Crippen LogP contribution in [0.1, 0.15) is 23.1 Å². The first kappa shape index (κ1) is 26.4. The van der Waals surface area contributed by atoms with Crippen LogP contribution in [0.5, 0.6) is 11.5 Å². The van der Waals surface area contributed by atoms with Gasteiger partial charge in [-0.15, -0.1) is 0 Å². The molecule has 35 heavy (non-hydrogen) atoms. The van der Waals surface area contributed by atoms with Crippen molar-refractivity contribution in [2.45, 2.75) is 35.3 Å². The molecule has 0 heterocycles. The van der Waals surface area contributed by atoms with Gasteiger partial charge in [-0.05, 0) is 55.0 Å². The number of aryl methyl sites for hydroxylation is 1. The first-order valence-corrected chi connectivity index (χ1v) is 14.2. The van der Waals surface area contributed by atoms with E-state index in [1.807, 2.05) is 6.92 Å². The number of ketones is 1. The van der Waals surface area contributed by atoms with Gasteiger partial charge in [-0.2, -0.15) is 0 Å². The Hall–Kier alpha value is -3.17. The van der Waals surface area contributed by atoms with E-state index in [2.05, 4.69) is 0 Å². The zero-order valence-electron chi connectivity index (χ0n) is 19.9. The van der Waals surface area contributed by atoms with Crippen LogP contribution in [0, 0.1) is 6.92 Å². The smallest absolute Gasteiger partial charge is 0.182 e. The molecular formula is C26H28O7S2. The lowest BCUT2D eigenvalue weighted by Gasteiger charge is -2.11. The van der Waals surface area contributed by atoms with Crippen LogP contribution in [0.4, 0.5) is 0 Å². The molecule has 0 aromatic heterocycles. The van der Waals surface area contributed by atoms with Gasteiger partial charge in [0.25, 0.3) is 0 Å². The first-order valence-electron chi connectivity index (χ1n) is 10.9. The number of hydrogen-bond acceptors (Lipinski definition) is 7. The van der Waals surface area contributed by atoms with E-state index in [0.29, 0.717) is 22.6 Å². The Balaban J connectivity index is 1.64. The molecule has 3 aromatic carbocycles. The zero-order chi connectivity index (χ0) is 25.6. The van der Waals surface area contributed by atoms with Crippen LogP contribution in [0.15, 0.2) is 76.5 Å². The molecule has 0 fully saturated rings. The summed E-state index contributed by atoms with van der Waals surface area (Å²) in [6, 6.07) is 17.5. The van der Waals surface area contributed by atoms with Crippen molar-refractivity contribution in [1.29, 1.82) is 0 Å². The summed E-state index contributed by atoms with van der Waals surface area (Å²) in [5.41, 5.74) is 2.04. The minimum Gasteiger partial charge on any atom is -0.497 e. The molecule has 0 atom stereocenters. The number of methoxy groups -OCH3 is 2. The first-order chi connectivity index (χ1) is 16.5. The van der Waals surface area contributed by atoms with Gasteiger partial charge in [0, 0.05) is 18.4 Å². The summed E-state index contributed by atoms with van der Waals surface area (Å²) in [6.07, 6.45) is -0.0979. The Labute approximate surface area is 206 Å². The molecule has 0 unspecified atom stereocenters. The molecule has 186 valence electrons. The number of carbonyl (C=O) groups excluding carboxylic acids is 1. The highest BCUT2D eigenvalue weighted by Gasteiger charge is 2.20. The molecule has 9 heteroatoms. The van der Waals surface area contributed by atoms with E-state index in [9.17, 15) is 21.6 Å². The third-order valence-electron chi connectivity index (χ3n) is 5.55. The molecule has 0 bridgehead atoms. The van der Waals surface area contributed by atoms with Crippen LogP contribution >= 0.6 is 0 Å². The number of carbonyl (C=O) groups is 1. The number of hydrogen-bond donors (Lipinski definition) is 0. The number of sulfone groups is 2. The van der Waals surface area contributed by atoms with Gasteiger partial charge in [0.2, 0.25) is 0 Å². The van der Waals surface area contributed by atoms with E-state index in [1.54, 1.807) is 42.5 Å². The van der Waals surface area contributed by atoms with Crippen molar-refractivity contribution >= 4 is 25.5 Å². The molecule has 0 saturated heterocycles. The highest BCUT2D eigenvalue weighted by Crippen LogP contribution is 2.28. The molecule has 3 aromatic rings. The largest absolute Gasteiger partial charge is 0.497 e. The summed E-state index contributed by atoms with van der Waals surface area (Å²) < 4.78 is 61.2. The molecule has 0 aliphatic rings. The van der Waals surface area contributed by atoms with Crippen molar-refractivity contribution in [3.8, 4) is 11.5 Å². The lowest BCUT2D eigenvalue weighted by molar-refractivity contribution is -0.118. The quantitative estimate of drug-likeness (QED) is 0.380. The molecule has 0 radical (unpaired) electrons. The topological polar surface area (TPSA) is 104 Å². The highest BCUT2D eigenvalue weighted by atomic mass is 32.2. The second-order valence-corrected chi connectivity index (χ2v) is 12.3. The van der Waals surface area contributed by atoms with E-state index in [0.717, 1.165) is 5.56 Å². The summed E-state index contributed by atoms with van der Waals surface area (Å²) in [4.78, 5) is 12.7. The van der Waals surface area contributed by atoms with Crippen LogP contribution in [0.2, 0.25) is 0 Å². The normalized spacial score (nSPS) is 11.7. The van der Waals surface area contributed by atoms with E-state index >= 15 is 0 Å². The van der Waals surface area contributed by atoms with Gasteiger partial charge in [-0.3, -0.25) is 4.79 Å². The van der Waals surface area contributed by atoms with Crippen molar-refractivity contribution in [2.75, 3.05) is 20.0 Å². The van der Waals surface area contributed by atoms with Crippen molar-refractivity contribution in [3.63, 3.8) is 0 Å². The Kier molecular flexibility index (Phi) is 8.34. The lowest BCUT2D eigenvalue weighted by Crippen LogP contribution is -2.13. The van der Waals surface area contributed by atoms with Gasteiger partial charge in [0.05, 0.1) is 35.5 Å². The summed E-state index contributed by atoms with van der Waals surface area (Å²) in [6.45, 7) is 1.87. The van der Waals surface area contributed by atoms with Crippen LogP contribution < -0.4 is 9.47 Å². The number of benzene rings is 3. The van der Waals surface area contributed by atoms with Gasteiger partial charge in [-0.1, -0.05) is 29.8 Å². The summed E-state index contributed by atoms with van der Waals surface area (Å²) >= 11 is 0. The van der Waals surface area contributed by atoms with Crippen LogP contribution in [-0.4, -0.2) is 42.6 Å². The molecule has 3 rings (SSSR count). The fourth-order valence-corrected chi connectivity index (χ4v) is 6.16. The van der Waals surface area contributed by atoms with Crippen molar-refractivity contribution < 1.29 is 31.1 Å². The molecule has 0 saturated carbocycles. The van der Waals surface area contributed by atoms with Gasteiger partial charge in [0.15, 0.2) is 19.7 Å². The lowest BCUT2D eigenvalue weighted by atomic mass is 10.1. The van der Waals surface area contributed by atoms with E-state index in [-0.39, 0.29) is 39.9 Å². The second-order valence-electron chi connectivity index (χ2n) is 8.18. The number of Topliss-reactive ketones (excluding diaryl/α,β-unsaturated/α-hetero) is 1. The average Bonchev–Trinajstić information content (AvgIpc) is 2.83. The predicted octanol–water partition coefficient (Wildman–Crippen LogP) is 3.96. The Morgan fingerprint density at radius 3 is 1.97 bits per heavy atom. The van der Waals surface area contributed by atoms with Crippen LogP contribution in [0.25, 0.3) is 0 Å². The maximum absolute atomic E-state index is 12.9. The monoisotopic (exact) mass is 516 g/mol.